The quantitative estimate of drug-likeness (QED) is 0.111. The summed E-state index contributed by atoms with van der Waals surface area (Å²) < 4.78 is 22.5. The lowest BCUT2D eigenvalue weighted by Crippen LogP contribution is -2.13. The number of pyridine rings is 2. The zero-order valence-corrected chi connectivity index (χ0v) is 22.1. The van der Waals surface area contributed by atoms with E-state index >= 15 is 0 Å². The summed E-state index contributed by atoms with van der Waals surface area (Å²) >= 11 is 0. The average molecular weight is 541 g/mol. The second-order valence-electron chi connectivity index (χ2n) is 8.23. The van der Waals surface area contributed by atoms with Gasteiger partial charge in [-0.05, 0) is 83.9 Å². The van der Waals surface area contributed by atoms with E-state index < -0.39 is 0 Å². The van der Waals surface area contributed by atoms with Gasteiger partial charge in [0.15, 0.2) is 0 Å². The lowest BCUT2D eigenvalue weighted by atomic mass is 10.2. The molecule has 10 heteroatoms. The van der Waals surface area contributed by atoms with E-state index in [0.717, 1.165) is 22.6 Å². The van der Waals surface area contributed by atoms with Crippen molar-refractivity contribution >= 4 is 24.1 Å². The Morgan fingerprint density at radius 3 is 1.35 bits per heavy atom. The molecule has 40 heavy (non-hydrogen) atoms. The van der Waals surface area contributed by atoms with E-state index in [-0.39, 0.29) is 0 Å². The maximum Gasteiger partial charge on any atom is 0.146 e. The lowest BCUT2D eigenvalue weighted by Gasteiger charge is -2.09. The minimum absolute atomic E-state index is 0.456. The smallest absolute Gasteiger partial charge is 0.146 e. The van der Waals surface area contributed by atoms with Gasteiger partial charge in [-0.25, -0.2) is 9.97 Å². The normalized spacial score (nSPS) is 11.1. The Morgan fingerprint density at radius 1 is 0.525 bits per heavy atom. The Kier molecular flexibility index (Phi) is 11.9. The molecular weight excluding hydrogens is 508 g/mol. The summed E-state index contributed by atoms with van der Waals surface area (Å²) in [4.78, 5) is 8.30. The fourth-order valence-electron chi connectivity index (χ4n) is 3.26. The van der Waals surface area contributed by atoms with Gasteiger partial charge in [-0.15, -0.1) is 0 Å². The molecule has 0 atom stereocenters. The van der Waals surface area contributed by atoms with E-state index in [1.54, 1.807) is 24.8 Å². The summed E-state index contributed by atoms with van der Waals surface area (Å²) in [5.41, 5.74) is 7.66. The van der Waals surface area contributed by atoms with Crippen molar-refractivity contribution in [2.24, 2.45) is 10.2 Å². The second kappa shape index (κ2) is 16.9. The van der Waals surface area contributed by atoms with Gasteiger partial charge in [0.25, 0.3) is 0 Å². The van der Waals surface area contributed by atoms with Gasteiger partial charge >= 0.3 is 0 Å². The molecule has 2 N–H and O–H groups in total. The number of anilines is 2. The molecule has 0 saturated carbocycles. The monoisotopic (exact) mass is 540 g/mol. The average Bonchev–Trinajstić information content (AvgIpc) is 3.01. The standard InChI is InChI=1S/C30H32N6O4/c1-3-15-31-29(5-1)35-33-23-25-7-11-27(12-8-25)39-21-19-37-17-18-38-20-22-40-28-13-9-26(10-14-28)24-34-36-30-6-2-4-16-32-30/h1-16,23-24H,17-22H2,(H,31,35)(H,32,36). The minimum Gasteiger partial charge on any atom is -0.491 e. The lowest BCUT2D eigenvalue weighted by molar-refractivity contribution is 0.0273. The van der Waals surface area contributed by atoms with Crippen molar-refractivity contribution < 1.29 is 18.9 Å². The van der Waals surface area contributed by atoms with Crippen LogP contribution in [0.2, 0.25) is 0 Å². The third-order valence-corrected chi connectivity index (χ3v) is 5.24. The van der Waals surface area contributed by atoms with E-state index in [1.165, 1.54) is 0 Å². The highest BCUT2D eigenvalue weighted by Crippen LogP contribution is 2.12. The topological polar surface area (TPSA) is 111 Å². The van der Waals surface area contributed by atoms with Crippen LogP contribution in [0.3, 0.4) is 0 Å². The highest BCUT2D eigenvalue weighted by Gasteiger charge is 1.98. The molecule has 0 saturated heterocycles. The van der Waals surface area contributed by atoms with Gasteiger partial charge in [0.1, 0.15) is 36.3 Å². The van der Waals surface area contributed by atoms with Gasteiger partial charge in [-0.3, -0.25) is 10.9 Å². The van der Waals surface area contributed by atoms with E-state index in [0.29, 0.717) is 51.3 Å². The van der Waals surface area contributed by atoms with Gasteiger partial charge < -0.3 is 18.9 Å². The van der Waals surface area contributed by atoms with Crippen LogP contribution in [0, 0.1) is 0 Å². The number of benzene rings is 2. The molecule has 0 spiro atoms. The highest BCUT2D eigenvalue weighted by molar-refractivity contribution is 5.80. The molecule has 4 aromatic rings. The van der Waals surface area contributed by atoms with Crippen LogP contribution in [0.4, 0.5) is 11.6 Å². The Labute approximate surface area is 233 Å². The molecule has 0 amide bonds. The molecule has 4 rings (SSSR count). The molecular formula is C30H32N6O4. The van der Waals surface area contributed by atoms with Crippen LogP contribution in [-0.4, -0.2) is 62.0 Å². The molecule has 206 valence electrons. The molecule has 0 bridgehead atoms. The fourth-order valence-corrected chi connectivity index (χ4v) is 3.26. The van der Waals surface area contributed by atoms with Crippen LogP contribution in [0.15, 0.2) is 108 Å². The molecule has 2 heterocycles. The van der Waals surface area contributed by atoms with Crippen molar-refractivity contribution in [3.8, 4) is 11.5 Å². The molecule has 2 aromatic heterocycles. The predicted molar refractivity (Wildman–Crippen MR) is 156 cm³/mol. The number of hydrazone groups is 2. The van der Waals surface area contributed by atoms with Crippen molar-refractivity contribution in [1.82, 2.24) is 9.97 Å². The molecule has 0 aliphatic heterocycles. The summed E-state index contributed by atoms with van der Waals surface area (Å²) in [6, 6.07) is 26.5. The third kappa shape index (κ3) is 10.9. The first kappa shape index (κ1) is 28.2. The Hall–Kier alpha value is -4.80. The first-order valence-corrected chi connectivity index (χ1v) is 12.9. The second-order valence-corrected chi connectivity index (χ2v) is 8.23. The molecule has 0 radical (unpaired) electrons. The number of hydrogen-bond donors (Lipinski definition) is 2. The number of nitrogens with zero attached hydrogens (tertiary/aromatic N) is 4. The summed E-state index contributed by atoms with van der Waals surface area (Å²) in [5.74, 6) is 2.93. The first-order chi connectivity index (χ1) is 19.8. The molecule has 0 aliphatic rings. The molecule has 2 aromatic carbocycles. The largest absolute Gasteiger partial charge is 0.491 e. The number of hydrogen-bond acceptors (Lipinski definition) is 10. The highest BCUT2D eigenvalue weighted by atomic mass is 16.6. The summed E-state index contributed by atoms with van der Waals surface area (Å²) in [6.45, 7) is 2.84. The molecule has 10 nitrogen and oxygen atoms in total. The van der Waals surface area contributed by atoms with Gasteiger partial charge in [-0.1, -0.05) is 12.1 Å². The summed E-state index contributed by atoms with van der Waals surface area (Å²) in [6.07, 6.45) is 6.87. The third-order valence-electron chi connectivity index (χ3n) is 5.24. The van der Waals surface area contributed by atoms with Gasteiger partial charge in [0, 0.05) is 12.4 Å². The summed E-state index contributed by atoms with van der Waals surface area (Å²) in [7, 11) is 0. The van der Waals surface area contributed by atoms with E-state index in [2.05, 4.69) is 31.0 Å². The maximum atomic E-state index is 5.71. The van der Waals surface area contributed by atoms with Crippen molar-refractivity contribution in [3.05, 3.63) is 108 Å². The van der Waals surface area contributed by atoms with Crippen molar-refractivity contribution in [2.75, 3.05) is 50.5 Å². The predicted octanol–water partition coefficient (Wildman–Crippen LogP) is 4.86. The van der Waals surface area contributed by atoms with Crippen molar-refractivity contribution in [1.29, 1.82) is 0 Å². The van der Waals surface area contributed by atoms with E-state index in [4.69, 9.17) is 18.9 Å². The molecule has 0 unspecified atom stereocenters. The van der Waals surface area contributed by atoms with Crippen LogP contribution in [0.1, 0.15) is 11.1 Å². The zero-order chi connectivity index (χ0) is 27.5. The van der Waals surface area contributed by atoms with E-state index in [9.17, 15) is 0 Å². The van der Waals surface area contributed by atoms with Crippen LogP contribution in [-0.2, 0) is 9.47 Å². The number of aromatic nitrogens is 2. The van der Waals surface area contributed by atoms with Gasteiger partial charge in [0.2, 0.25) is 0 Å². The minimum atomic E-state index is 0.456. The van der Waals surface area contributed by atoms with Crippen molar-refractivity contribution in [2.45, 2.75) is 0 Å². The first-order valence-electron chi connectivity index (χ1n) is 12.9. The Balaban J connectivity index is 0.984. The summed E-state index contributed by atoms with van der Waals surface area (Å²) in [5, 5.41) is 8.35. The van der Waals surface area contributed by atoms with Crippen molar-refractivity contribution in [3.63, 3.8) is 0 Å². The van der Waals surface area contributed by atoms with Gasteiger partial charge in [-0.2, -0.15) is 10.2 Å². The SMILES string of the molecule is C(=NNc1ccccn1)c1ccc(OCCOCCOCCOc2ccc(C=NNc3ccccn3)cc2)cc1. The molecule has 0 fully saturated rings. The number of rotatable bonds is 17. The maximum absolute atomic E-state index is 5.71. The van der Waals surface area contributed by atoms with Gasteiger partial charge in [0.05, 0.1) is 38.9 Å². The fraction of sp³-hybridized carbons (Fsp3) is 0.200. The van der Waals surface area contributed by atoms with Crippen LogP contribution < -0.4 is 20.3 Å². The van der Waals surface area contributed by atoms with Crippen LogP contribution >= 0.6 is 0 Å². The van der Waals surface area contributed by atoms with Crippen LogP contribution in [0.5, 0.6) is 11.5 Å². The van der Waals surface area contributed by atoms with E-state index in [1.807, 2.05) is 84.9 Å². The Bertz CT molecular complexity index is 1180. The van der Waals surface area contributed by atoms with Crippen LogP contribution in [0.25, 0.3) is 0 Å². The molecule has 0 aliphatic carbocycles. The Morgan fingerprint density at radius 2 is 0.950 bits per heavy atom. The number of nitrogens with one attached hydrogen (secondary N) is 2. The zero-order valence-electron chi connectivity index (χ0n) is 22.1. The number of ether oxygens (including phenoxy) is 4.